The van der Waals surface area contributed by atoms with Gasteiger partial charge in [-0.25, -0.2) is 5.01 Å². The lowest BCUT2D eigenvalue weighted by Crippen LogP contribution is -2.46. The van der Waals surface area contributed by atoms with E-state index in [1.165, 1.54) is 0 Å². The molecule has 0 radical (unpaired) electrons. The predicted molar refractivity (Wildman–Crippen MR) is 48.5 cm³/mol. The van der Waals surface area contributed by atoms with E-state index in [0.717, 1.165) is 5.71 Å². The summed E-state index contributed by atoms with van der Waals surface area (Å²) in [6.07, 6.45) is 1.69. The number of hydrazine groups is 1. The number of rotatable bonds is 2. The van der Waals surface area contributed by atoms with Crippen molar-refractivity contribution in [2.75, 3.05) is 27.3 Å². The Morgan fingerprint density at radius 1 is 1.75 bits per heavy atom. The van der Waals surface area contributed by atoms with E-state index in [-0.39, 0.29) is 0 Å². The van der Waals surface area contributed by atoms with Gasteiger partial charge in [-0.05, 0) is 0 Å². The van der Waals surface area contributed by atoms with Crippen LogP contribution in [0, 0.1) is 0 Å². The summed E-state index contributed by atoms with van der Waals surface area (Å²) in [5, 5.41) is 11.4. The van der Waals surface area contributed by atoms with E-state index >= 15 is 0 Å². The predicted octanol–water partition coefficient (Wildman–Crippen LogP) is -1.37. The molecule has 1 rings (SSSR count). The molecule has 0 fully saturated rings. The first-order chi connectivity index (χ1) is 5.68. The Morgan fingerprint density at radius 2 is 2.50 bits per heavy atom. The normalized spacial score (nSPS) is 19.1. The Morgan fingerprint density at radius 3 is 3.08 bits per heavy atom. The highest BCUT2D eigenvalue weighted by Gasteiger charge is 2.07. The Kier molecular flexibility index (Phi) is 3.01. The van der Waals surface area contributed by atoms with Crippen LogP contribution in [0.25, 0.3) is 0 Å². The molecule has 1 aliphatic rings. The van der Waals surface area contributed by atoms with Crippen LogP contribution in [0.3, 0.4) is 0 Å². The Hall–Kier alpha value is -1.14. The van der Waals surface area contributed by atoms with Crippen LogP contribution < -0.4 is 11.3 Å². The summed E-state index contributed by atoms with van der Waals surface area (Å²) in [5.41, 5.74) is 3.62. The summed E-state index contributed by atoms with van der Waals surface area (Å²) in [6.45, 7) is 1.21. The minimum atomic E-state index is 0.583. The van der Waals surface area contributed by atoms with Gasteiger partial charge in [-0.3, -0.25) is 11.3 Å². The van der Waals surface area contributed by atoms with Crippen LogP contribution >= 0.6 is 0 Å². The maximum atomic E-state index is 5.55. The van der Waals surface area contributed by atoms with Crippen molar-refractivity contribution in [3.05, 3.63) is 0 Å². The molecule has 3 N–H and O–H groups in total. The molecule has 0 aromatic heterocycles. The Labute approximate surface area is 71.7 Å². The molecular formula is C6H14N6. The fraction of sp³-hybridized carbons (Fsp3) is 0.667. The van der Waals surface area contributed by atoms with Gasteiger partial charge in [-0.15, -0.1) is 0 Å². The van der Waals surface area contributed by atoms with Crippen molar-refractivity contribution >= 4 is 11.9 Å². The van der Waals surface area contributed by atoms with E-state index in [2.05, 4.69) is 15.6 Å². The molecule has 6 heteroatoms. The van der Waals surface area contributed by atoms with Gasteiger partial charge in [0.15, 0.2) is 0 Å². The summed E-state index contributed by atoms with van der Waals surface area (Å²) >= 11 is 0. The van der Waals surface area contributed by atoms with Crippen molar-refractivity contribution in [1.29, 1.82) is 0 Å². The molecule has 12 heavy (non-hydrogen) atoms. The zero-order valence-electron chi connectivity index (χ0n) is 7.36. The lowest BCUT2D eigenvalue weighted by Gasteiger charge is -2.20. The molecule has 0 unspecified atom stereocenters. The third kappa shape index (κ3) is 2.85. The molecule has 0 atom stereocenters. The molecule has 1 heterocycles. The second-order valence-corrected chi connectivity index (χ2v) is 2.76. The molecule has 0 saturated heterocycles. The first-order valence-corrected chi connectivity index (χ1v) is 3.69. The third-order valence-electron chi connectivity index (χ3n) is 1.30. The average molecular weight is 170 g/mol. The van der Waals surface area contributed by atoms with Gasteiger partial charge in [0.1, 0.15) is 0 Å². The lowest BCUT2D eigenvalue weighted by atomic mass is 10.4. The van der Waals surface area contributed by atoms with E-state index in [1.807, 2.05) is 14.1 Å². The SMILES string of the molecule is CN(C)/N=C/C1=NNCN(N)C1. The molecule has 68 valence electrons. The van der Waals surface area contributed by atoms with E-state index in [9.17, 15) is 0 Å². The quantitative estimate of drug-likeness (QED) is 0.305. The van der Waals surface area contributed by atoms with E-state index in [1.54, 1.807) is 16.2 Å². The van der Waals surface area contributed by atoms with E-state index < -0.39 is 0 Å². The molecule has 0 spiro atoms. The largest absolute Gasteiger partial charge is 0.303 e. The molecule has 0 aromatic rings. The first-order valence-electron chi connectivity index (χ1n) is 3.69. The standard InChI is InChI=1S/C6H14N6/c1-11(2)9-3-6-4-12(7)5-8-10-6/h3,8H,4-5,7H2,1-2H3/b9-3+. The average Bonchev–Trinajstić information content (AvgIpc) is 2.01. The van der Waals surface area contributed by atoms with Crippen molar-refractivity contribution in [3.63, 3.8) is 0 Å². The van der Waals surface area contributed by atoms with Crippen molar-refractivity contribution in [1.82, 2.24) is 15.4 Å². The van der Waals surface area contributed by atoms with Gasteiger partial charge in [0.25, 0.3) is 0 Å². The van der Waals surface area contributed by atoms with Crippen LogP contribution in [0.4, 0.5) is 0 Å². The number of nitrogens with two attached hydrogens (primary N) is 1. The molecule has 0 aromatic carbocycles. The van der Waals surface area contributed by atoms with Gasteiger partial charge >= 0.3 is 0 Å². The van der Waals surface area contributed by atoms with Gasteiger partial charge in [-0.1, -0.05) is 0 Å². The summed E-state index contributed by atoms with van der Waals surface area (Å²) in [5.74, 6) is 5.55. The Bertz CT molecular complexity index is 196. The maximum Gasteiger partial charge on any atom is 0.0980 e. The number of hydrogen-bond acceptors (Lipinski definition) is 6. The smallest absolute Gasteiger partial charge is 0.0980 e. The zero-order chi connectivity index (χ0) is 8.97. The summed E-state index contributed by atoms with van der Waals surface area (Å²) in [4.78, 5) is 0. The topological polar surface area (TPSA) is 69.2 Å². The van der Waals surface area contributed by atoms with Crippen molar-refractivity contribution in [2.24, 2.45) is 16.0 Å². The van der Waals surface area contributed by atoms with Gasteiger partial charge in [0.2, 0.25) is 0 Å². The number of hydrazone groups is 2. The van der Waals surface area contributed by atoms with Crippen LogP contribution in [0.1, 0.15) is 0 Å². The maximum absolute atomic E-state index is 5.55. The lowest BCUT2D eigenvalue weighted by molar-refractivity contribution is 0.286. The summed E-state index contributed by atoms with van der Waals surface area (Å²) in [7, 11) is 3.71. The molecule has 6 nitrogen and oxygen atoms in total. The highest BCUT2D eigenvalue weighted by Crippen LogP contribution is 1.86. The minimum absolute atomic E-state index is 0.583. The minimum Gasteiger partial charge on any atom is -0.303 e. The second-order valence-electron chi connectivity index (χ2n) is 2.76. The highest BCUT2D eigenvalue weighted by molar-refractivity contribution is 6.31. The van der Waals surface area contributed by atoms with Crippen molar-refractivity contribution < 1.29 is 0 Å². The van der Waals surface area contributed by atoms with Gasteiger partial charge < -0.3 is 5.01 Å². The number of nitrogens with zero attached hydrogens (tertiary/aromatic N) is 4. The van der Waals surface area contributed by atoms with Crippen LogP contribution in [-0.2, 0) is 0 Å². The molecular weight excluding hydrogens is 156 g/mol. The van der Waals surface area contributed by atoms with Gasteiger partial charge in [0.05, 0.1) is 25.1 Å². The van der Waals surface area contributed by atoms with Crippen LogP contribution in [0.2, 0.25) is 0 Å². The van der Waals surface area contributed by atoms with Gasteiger partial charge in [0, 0.05) is 14.1 Å². The molecule has 0 bridgehead atoms. The fourth-order valence-electron chi connectivity index (χ4n) is 0.779. The summed E-state index contributed by atoms with van der Waals surface area (Å²) in [6, 6.07) is 0. The fourth-order valence-corrected chi connectivity index (χ4v) is 0.779. The highest BCUT2D eigenvalue weighted by atomic mass is 15.5. The number of hydrogen-bond donors (Lipinski definition) is 2. The van der Waals surface area contributed by atoms with E-state index in [4.69, 9.17) is 5.84 Å². The molecule has 1 aliphatic heterocycles. The molecule has 0 aliphatic carbocycles. The Balaban J connectivity index is 2.46. The van der Waals surface area contributed by atoms with Crippen molar-refractivity contribution in [3.8, 4) is 0 Å². The zero-order valence-corrected chi connectivity index (χ0v) is 7.36. The van der Waals surface area contributed by atoms with E-state index in [0.29, 0.717) is 13.2 Å². The molecule has 0 amide bonds. The third-order valence-corrected chi connectivity index (χ3v) is 1.30. The van der Waals surface area contributed by atoms with Crippen LogP contribution in [-0.4, -0.2) is 49.3 Å². The second kappa shape index (κ2) is 4.03. The van der Waals surface area contributed by atoms with Gasteiger partial charge in [-0.2, -0.15) is 10.2 Å². The summed E-state index contributed by atoms with van der Waals surface area (Å²) < 4.78 is 0. The van der Waals surface area contributed by atoms with Crippen LogP contribution in [0.15, 0.2) is 10.2 Å². The first kappa shape index (κ1) is 8.95. The van der Waals surface area contributed by atoms with Crippen molar-refractivity contribution in [2.45, 2.75) is 0 Å². The monoisotopic (exact) mass is 170 g/mol. The van der Waals surface area contributed by atoms with Crippen LogP contribution in [0.5, 0.6) is 0 Å². The molecule has 0 saturated carbocycles. The number of nitrogens with one attached hydrogen (secondary N) is 1.